The van der Waals surface area contributed by atoms with Gasteiger partial charge in [-0.3, -0.25) is 9.78 Å². The highest BCUT2D eigenvalue weighted by Gasteiger charge is 2.42. The average Bonchev–Trinajstić information content (AvgIpc) is 3.53. The van der Waals surface area contributed by atoms with Crippen LogP contribution in [-0.2, 0) is 4.79 Å². The maximum Gasteiger partial charge on any atom is 0.229 e. The van der Waals surface area contributed by atoms with E-state index in [0.29, 0.717) is 16.5 Å². The number of benzene rings is 2. The number of anilines is 2. The molecule has 0 bridgehead atoms. The van der Waals surface area contributed by atoms with Crippen molar-refractivity contribution in [2.75, 3.05) is 17.3 Å². The molecule has 0 saturated carbocycles. The van der Waals surface area contributed by atoms with Gasteiger partial charge in [-0.25, -0.2) is 0 Å². The Bertz CT molecular complexity index is 1500. The summed E-state index contributed by atoms with van der Waals surface area (Å²) in [5, 5.41) is 16.8. The summed E-state index contributed by atoms with van der Waals surface area (Å²) in [7, 11) is 1.58. The molecular formula is C30H31N5O3S. The normalized spacial score (nSPS) is 17.1. The Kier molecular flexibility index (Phi) is 7.01. The summed E-state index contributed by atoms with van der Waals surface area (Å²) in [6.07, 6.45) is 3.76. The molecule has 3 heterocycles. The number of carbonyl (C=O) groups excluding carboxylic acids is 1. The molecule has 2 aromatic carbocycles. The summed E-state index contributed by atoms with van der Waals surface area (Å²) >= 11 is 5.89. The third-order valence-corrected chi connectivity index (χ3v) is 7.02. The third-order valence-electron chi connectivity index (χ3n) is 6.70. The van der Waals surface area contributed by atoms with Crippen molar-refractivity contribution in [3.8, 4) is 17.2 Å². The Balaban J connectivity index is 1.60. The maximum absolute atomic E-state index is 12.7. The van der Waals surface area contributed by atoms with E-state index in [0.717, 1.165) is 22.8 Å². The van der Waals surface area contributed by atoms with Crippen LogP contribution in [0.3, 0.4) is 0 Å². The van der Waals surface area contributed by atoms with Gasteiger partial charge in [-0.15, -0.1) is 0 Å². The van der Waals surface area contributed by atoms with E-state index in [-0.39, 0.29) is 23.7 Å². The second-order valence-corrected chi connectivity index (χ2v) is 10.8. The molecule has 200 valence electrons. The van der Waals surface area contributed by atoms with E-state index in [1.165, 1.54) is 0 Å². The maximum atomic E-state index is 12.7. The molecule has 1 fully saturated rings. The largest absolute Gasteiger partial charge is 0.508 e. The number of thiocarbonyl (C=S) groups is 1. The van der Waals surface area contributed by atoms with Gasteiger partial charge in [0, 0.05) is 40.9 Å². The molecule has 39 heavy (non-hydrogen) atoms. The van der Waals surface area contributed by atoms with Crippen LogP contribution in [0.2, 0.25) is 0 Å². The number of methoxy groups -OCH3 is 1. The molecule has 1 aliphatic rings. The van der Waals surface area contributed by atoms with E-state index in [2.05, 4.69) is 31.2 Å². The minimum atomic E-state index is -0.551. The zero-order chi connectivity index (χ0) is 27.7. The minimum Gasteiger partial charge on any atom is -0.508 e. The van der Waals surface area contributed by atoms with Gasteiger partial charge in [0.05, 0.1) is 24.5 Å². The predicted octanol–water partition coefficient (Wildman–Crippen LogP) is 5.75. The number of hydrogen-bond acceptors (Lipinski definition) is 5. The minimum absolute atomic E-state index is 0.105. The molecule has 2 unspecified atom stereocenters. The Labute approximate surface area is 233 Å². The van der Waals surface area contributed by atoms with Crippen LogP contribution in [0.5, 0.6) is 11.5 Å². The Hall–Kier alpha value is -4.37. The number of aromatic nitrogens is 2. The summed E-state index contributed by atoms with van der Waals surface area (Å²) in [4.78, 5) is 19.4. The average molecular weight is 542 g/mol. The van der Waals surface area contributed by atoms with Crippen LogP contribution in [0.15, 0.2) is 85.2 Å². The van der Waals surface area contributed by atoms with Gasteiger partial charge in [0.2, 0.25) is 5.91 Å². The Morgan fingerprint density at radius 2 is 1.79 bits per heavy atom. The molecule has 1 aliphatic heterocycles. The summed E-state index contributed by atoms with van der Waals surface area (Å²) in [6, 6.07) is 22.1. The number of pyridine rings is 1. The van der Waals surface area contributed by atoms with Gasteiger partial charge < -0.3 is 29.9 Å². The van der Waals surface area contributed by atoms with Gasteiger partial charge in [0.25, 0.3) is 0 Å². The zero-order valence-corrected chi connectivity index (χ0v) is 23.1. The molecule has 3 N–H and O–H groups in total. The van der Waals surface area contributed by atoms with Crippen molar-refractivity contribution in [1.29, 1.82) is 0 Å². The molecule has 5 rings (SSSR count). The quantitative estimate of drug-likeness (QED) is 0.268. The van der Waals surface area contributed by atoms with Crippen molar-refractivity contribution >= 4 is 34.6 Å². The molecule has 1 amide bonds. The lowest BCUT2D eigenvalue weighted by atomic mass is 9.95. The number of phenolic OH excluding ortho intramolecular Hbond substituents is 1. The lowest BCUT2D eigenvalue weighted by molar-refractivity contribution is -0.123. The molecule has 1 saturated heterocycles. The van der Waals surface area contributed by atoms with Gasteiger partial charge in [-0.2, -0.15) is 0 Å². The molecule has 0 radical (unpaired) electrons. The van der Waals surface area contributed by atoms with Crippen LogP contribution in [0.1, 0.15) is 44.2 Å². The van der Waals surface area contributed by atoms with E-state index < -0.39 is 5.41 Å². The number of nitrogens with one attached hydrogen (secondary N) is 2. The van der Waals surface area contributed by atoms with Crippen LogP contribution in [0.25, 0.3) is 5.69 Å². The number of phenols is 1. The monoisotopic (exact) mass is 541 g/mol. The van der Waals surface area contributed by atoms with Crippen LogP contribution in [0.4, 0.5) is 11.4 Å². The second-order valence-electron chi connectivity index (χ2n) is 10.4. The number of rotatable bonds is 6. The van der Waals surface area contributed by atoms with Crippen molar-refractivity contribution in [3.63, 3.8) is 0 Å². The molecule has 9 heteroatoms. The predicted molar refractivity (Wildman–Crippen MR) is 156 cm³/mol. The lowest BCUT2D eigenvalue weighted by Crippen LogP contribution is -2.30. The highest BCUT2D eigenvalue weighted by atomic mass is 32.1. The summed E-state index contributed by atoms with van der Waals surface area (Å²) in [5.74, 6) is 0.628. The van der Waals surface area contributed by atoms with Crippen molar-refractivity contribution in [3.05, 3.63) is 96.6 Å². The lowest BCUT2D eigenvalue weighted by Gasteiger charge is -2.29. The Morgan fingerprint density at radius 3 is 2.46 bits per heavy atom. The van der Waals surface area contributed by atoms with Gasteiger partial charge in [-0.1, -0.05) is 26.8 Å². The first kappa shape index (κ1) is 26.2. The van der Waals surface area contributed by atoms with E-state index in [1.807, 2.05) is 81.6 Å². The third kappa shape index (κ3) is 5.18. The zero-order valence-electron chi connectivity index (χ0n) is 22.3. The first-order chi connectivity index (χ1) is 18.7. The summed E-state index contributed by atoms with van der Waals surface area (Å²) in [6.45, 7) is 5.59. The fourth-order valence-corrected chi connectivity index (χ4v) is 5.01. The number of nitrogens with zero attached hydrogens (tertiary/aromatic N) is 3. The van der Waals surface area contributed by atoms with Gasteiger partial charge in [0.15, 0.2) is 5.11 Å². The first-order valence-electron chi connectivity index (χ1n) is 12.6. The van der Waals surface area contributed by atoms with E-state index in [9.17, 15) is 9.90 Å². The number of amides is 1. The Morgan fingerprint density at radius 1 is 1.05 bits per heavy atom. The molecular weight excluding hydrogens is 510 g/mol. The fourth-order valence-electron chi connectivity index (χ4n) is 4.66. The summed E-state index contributed by atoms with van der Waals surface area (Å²) < 4.78 is 7.77. The highest BCUT2D eigenvalue weighted by Crippen LogP contribution is 2.44. The molecule has 2 atom stereocenters. The number of hydrogen-bond donors (Lipinski definition) is 3. The number of aromatic hydroxyl groups is 1. The number of ether oxygens (including phenoxy) is 1. The topological polar surface area (TPSA) is 91.7 Å². The van der Waals surface area contributed by atoms with Gasteiger partial charge in [0.1, 0.15) is 17.5 Å². The summed E-state index contributed by atoms with van der Waals surface area (Å²) in [5.41, 5.74) is 3.58. The smallest absolute Gasteiger partial charge is 0.229 e. The van der Waals surface area contributed by atoms with Crippen LogP contribution in [-0.4, -0.2) is 32.8 Å². The fraction of sp³-hybridized carbons (Fsp3) is 0.233. The molecule has 4 aromatic rings. The van der Waals surface area contributed by atoms with Crippen molar-refractivity contribution in [2.24, 2.45) is 5.41 Å². The van der Waals surface area contributed by atoms with Crippen molar-refractivity contribution in [2.45, 2.75) is 32.9 Å². The second kappa shape index (κ2) is 10.4. The van der Waals surface area contributed by atoms with Crippen molar-refractivity contribution < 1.29 is 14.6 Å². The number of carbonyl (C=O) groups is 1. The van der Waals surface area contributed by atoms with Crippen LogP contribution in [0, 0.1) is 5.41 Å². The molecule has 0 aliphatic carbocycles. The van der Waals surface area contributed by atoms with E-state index in [1.54, 1.807) is 25.4 Å². The SMILES string of the molecule is COc1cc(N2C(=S)NC(c3ccccn3)C2c2cccn2-c2ccc(O)cc2)ccc1NC(=O)C(C)(C)C. The molecule has 0 spiro atoms. The highest BCUT2D eigenvalue weighted by molar-refractivity contribution is 7.80. The van der Waals surface area contributed by atoms with E-state index in [4.69, 9.17) is 17.0 Å². The van der Waals surface area contributed by atoms with Crippen LogP contribution >= 0.6 is 12.2 Å². The molecule has 8 nitrogen and oxygen atoms in total. The molecule has 2 aromatic heterocycles. The first-order valence-corrected chi connectivity index (χ1v) is 13.0. The van der Waals surface area contributed by atoms with Crippen molar-refractivity contribution in [1.82, 2.24) is 14.9 Å². The standard InChI is InChI=1S/C30H31N5O3S/c1-30(2,3)28(37)32-22-15-12-20(18-25(22)38-4)35-27(26(33-29(35)39)23-8-5-6-16-31-23)24-9-7-17-34(24)19-10-13-21(36)14-11-19/h5-18,26-27,36H,1-4H3,(H,32,37)(H,33,39). The van der Waals surface area contributed by atoms with Crippen LogP contribution < -0.4 is 20.3 Å². The van der Waals surface area contributed by atoms with Gasteiger partial charge in [-0.05, 0) is 72.9 Å². The van der Waals surface area contributed by atoms with Gasteiger partial charge >= 0.3 is 0 Å². The van der Waals surface area contributed by atoms with E-state index >= 15 is 0 Å².